The molecular formula is C6H10Cl4O2. The molecule has 0 heterocycles. The van der Waals surface area contributed by atoms with Crippen LogP contribution in [-0.4, -0.2) is 10.5 Å². The number of halogens is 4. The summed E-state index contributed by atoms with van der Waals surface area (Å²) in [6.45, 7) is 0. The molecule has 0 aromatic heterocycles. The van der Waals surface area contributed by atoms with Gasteiger partial charge in [-0.05, 0) is 36.0 Å². The monoisotopic (exact) mass is 254 g/mol. The zero-order valence-electron chi connectivity index (χ0n) is 6.22. The summed E-state index contributed by atoms with van der Waals surface area (Å²) in [4.78, 5) is 20.3. The van der Waals surface area contributed by atoms with E-state index in [0.717, 1.165) is 0 Å². The van der Waals surface area contributed by atoms with Crippen LogP contribution in [0.1, 0.15) is 25.7 Å². The molecule has 0 fully saturated rings. The molecule has 0 spiro atoms. The van der Waals surface area contributed by atoms with E-state index in [4.69, 9.17) is 23.2 Å². The summed E-state index contributed by atoms with van der Waals surface area (Å²) >= 11 is 10.1. The Kier molecular flexibility index (Phi) is 17.6. The Morgan fingerprint density at radius 1 is 0.833 bits per heavy atom. The summed E-state index contributed by atoms with van der Waals surface area (Å²) in [7, 11) is 0. The van der Waals surface area contributed by atoms with Crippen molar-refractivity contribution in [2.75, 3.05) is 0 Å². The fourth-order valence-corrected chi connectivity index (χ4v) is 0.795. The molecule has 0 bridgehead atoms. The van der Waals surface area contributed by atoms with Crippen molar-refractivity contribution in [3.8, 4) is 0 Å². The van der Waals surface area contributed by atoms with Crippen LogP contribution in [0.5, 0.6) is 0 Å². The van der Waals surface area contributed by atoms with Gasteiger partial charge in [-0.15, -0.1) is 24.8 Å². The van der Waals surface area contributed by atoms with E-state index in [-0.39, 0.29) is 35.3 Å². The van der Waals surface area contributed by atoms with Crippen LogP contribution in [0.25, 0.3) is 0 Å². The molecular weight excluding hydrogens is 246 g/mol. The molecule has 74 valence electrons. The molecule has 0 N–H and O–H groups in total. The first kappa shape index (κ1) is 18.3. The smallest absolute Gasteiger partial charge is 0.221 e. The molecule has 0 rings (SSSR count). The van der Waals surface area contributed by atoms with E-state index in [2.05, 4.69) is 0 Å². The average Bonchev–Trinajstić information content (AvgIpc) is 1.79. The van der Waals surface area contributed by atoms with Crippen molar-refractivity contribution >= 4 is 58.5 Å². The Morgan fingerprint density at radius 3 is 1.25 bits per heavy atom. The van der Waals surface area contributed by atoms with E-state index in [9.17, 15) is 9.59 Å². The van der Waals surface area contributed by atoms with Crippen LogP contribution in [-0.2, 0) is 9.59 Å². The second-order valence-corrected chi connectivity index (χ2v) is 2.76. The summed E-state index contributed by atoms with van der Waals surface area (Å²) in [5, 5.41) is -0.718. The third kappa shape index (κ3) is 16.8. The SMILES string of the molecule is Cl.Cl.O=C(Cl)CCCCC(=O)Cl. The predicted molar refractivity (Wildman–Crippen MR) is 54.7 cm³/mol. The van der Waals surface area contributed by atoms with E-state index in [1.807, 2.05) is 0 Å². The number of hydrogen-bond acceptors (Lipinski definition) is 2. The van der Waals surface area contributed by atoms with Crippen molar-refractivity contribution in [1.82, 2.24) is 0 Å². The largest absolute Gasteiger partial charge is 0.281 e. The highest BCUT2D eigenvalue weighted by Crippen LogP contribution is 2.03. The molecule has 0 aromatic carbocycles. The van der Waals surface area contributed by atoms with E-state index in [0.29, 0.717) is 25.7 Å². The maximum absolute atomic E-state index is 10.1. The van der Waals surface area contributed by atoms with E-state index < -0.39 is 0 Å². The lowest BCUT2D eigenvalue weighted by Gasteiger charge is -1.91. The number of hydrogen-bond donors (Lipinski definition) is 0. The van der Waals surface area contributed by atoms with Crippen molar-refractivity contribution in [1.29, 1.82) is 0 Å². The molecule has 0 aliphatic rings. The predicted octanol–water partition coefficient (Wildman–Crippen LogP) is 2.92. The highest BCUT2D eigenvalue weighted by atomic mass is 35.5. The Hall–Kier alpha value is 0.500. The minimum atomic E-state index is -0.359. The number of rotatable bonds is 5. The van der Waals surface area contributed by atoms with Gasteiger partial charge in [0.05, 0.1) is 0 Å². The molecule has 2 nitrogen and oxygen atoms in total. The van der Waals surface area contributed by atoms with E-state index in [1.54, 1.807) is 0 Å². The standard InChI is InChI=1S/C6H8Cl2O2.2ClH/c7-5(9)3-1-2-4-6(8)10;;/h1-4H2;2*1H. The first-order chi connectivity index (χ1) is 4.63. The van der Waals surface area contributed by atoms with Crippen LogP contribution in [0, 0.1) is 0 Å². The lowest BCUT2D eigenvalue weighted by Crippen LogP contribution is -1.89. The number of carbonyl (C=O) groups excluding carboxylic acids is 2. The van der Waals surface area contributed by atoms with Crippen molar-refractivity contribution in [2.24, 2.45) is 0 Å². The van der Waals surface area contributed by atoms with Gasteiger partial charge in [-0.1, -0.05) is 0 Å². The third-order valence-electron chi connectivity index (χ3n) is 0.997. The molecule has 0 atom stereocenters. The minimum absolute atomic E-state index is 0. The van der Waals surface area contributed by atoms with Crippen molar-refractivity contribution in [2.45, 2.75) is 25.7 Å². The molecule has 0 aliphatic heterocycles. The minimum Gasteiger partial charge on any atom is -0.281 e. The highest BCUT2D eigenvalue weighted by Gasteiger charge is 1.98. The van der Waals surface area contributed by atoms with Crippen molar-refractivity contribution < 1.29 is 9.59 Å². The third-order valence-corrected chi connectivity index (χ3v) is 1.37. The maximum Gasteiger partial charge on any atom is 0.221 e. The lowest BCUT2D eigenvalue weighted by molar-refractivity contribution is -0.113. The second kappa shape index (κ2) is 11.5. The molecule has 0 saturated carbocycles. The summed E-state index contributed by atoms with van der Waals surface area (Å²) in [5.74, 6) is 0. The van der Waals surface area contributed by atoms with Gasteiger partial charge in [-0.2, -0.15) is 0 Å². The summed E-state index contributed by atoms with van der Waals surface area (Å²) < 4.78 is 0. The van der Waals surface area contributed by atoms with Gasteiger partial charge < -0.3 is 0 Å². The fraction of sp³-hybridized carbons (Fsp3) is 0.667. The van der Waals surface area contributed by atoms with E-state index in [1.165, 1.54) is 0 Å². The van der Waals surface area contributed by atoms with Crippen LogP contribution in [0.3, 0.4) is 0 Å². The Morgan fingerprint density at radius 2 is 1.08 bits per heavy atom. The fourth-order valence-electron chi connectivity index (χ4n) is 0.528. The first-order valence-electron chi connectivity index (χ1n) is 2.99. The van der Waals surface area contributed by atoms with Crippen molar-refractivity contribution in [3.63, 3.8) is 0 Å². The molecule has 0 saturated heterocycles. The molecule has 0 unspecified atom stereocenters. The van der Waals surface area contributed by atoms with Gasteiger partial charge in [0.25, 0.3) is 0 Å². The zero-order valence-corrected chi connectivity index (χ0v) is 9.36. The number of carbonyl (C=O) groups is 2. The topological polar surface area (TPSA) is 34.1 Å². The van der Waals surface area contributed by atoms with Crippen LogP contribution in [0.4, 0.5) is 0 Å². The average molecular weight is 256 g/mol. The molecule has 0 aliphatic carbocycles. The lowest BCUT2D eigenvalue weighted by atomic mass is 10.2. The quantitative estimate of drug-likeness (QED) is 0.559. The first-order valence-corrected chi connectivity index (χ1v) is 3.75. The zero-order chi connectivity index (χ0) is 7.98. The van der Waals surface area contributed by atoms with Gasteiger partial charge in [0.2, 0.25) is 10.5 Å². The Balaban J connectivity index is -0.000000405. The molecule has 0 amide bonds. The van der Waals surface area contributed by atoms with Crippen LogP contribution >= 0.6 is 48.0 Å². The molecule has 12 heavy (non-hydrogen) atoms. The molecule has 6 heteroatoms. The van der Waals surface area contributed by atoms with Gasteiger partial charge in [-0.25, -0.2) is 0 Å². The van der Waals surface area contributed by atoms with Gasteiger partial charge >= 0.3 is 0 Å². The van der Waals surface area contributed by atoms with Crippen LogP contribution in [0.15, 0.2) is 0 Å². The van der Waals surface area contributed by atoms with Crippen molar-refractivity contribution in [3.05, 3.63) is 0 Å². The van der Waals surface area contributed by atoms with Gasteiger partial charge in [0.15, 0.2) is 0 Å². The summed E-state index contributed by atoms with van der Waals surface area (Å²) in [5.41, 5.74) is 0. The Bertz CT molecular complexity index is 122. The van der Waals surface area contributed by atoms with Gasteiger partial charge in [0.1, 0.15) is 0 Å². The normalized spacial score (nSPS) is 7.83. The second-order valence-electron chi connectivity index (χ2n) is 1.92. The van der Waals surface area contributed by atoms with Gasteiger partial charge in [-0.3, -0.25) is 9.59 Å². The maximum atomic E-state index is 10.1. The number of unbranched alkanes of at least 4 members (excludes halogenated alkanes) is 1. The Labute approximate surface area is 93.8 Å². The summed E-state index contributed by atoms with van der Waals surface area (Å²) in [6.07, 6.45) is 1.93. The van der Waals surface area contributed by atoms with Crippen LogP contribution in [0.2, 0.25) is 0 Å². The van der Waals surface area contributed by atoms with E-state index >= 15 is 0 Å². The highest BCUT2D eigenvalue weighted by molar-refractivity contribution is 6.63. The van der Waals surface area contributed by atoms with Gasteiger partial charge in [0, 0.05) is 12.8 Å². The van der Waals surface area contributed by atoms with Crippen LogP contribution < -0.4 is 0 Å². The molecule has 0 radical (unpaired) electrons. The summed E-state index contributed by atoms with van der Waals surface area (Å²) in [6, 6.07) is 0. The molecule has 0 aromatic rings.